The lowest BCUT2D eigenvalue weighted by Gasteiger charge is -2.27. The maximum atomic E-state index is 13.0. The first-order chi connectivity index (χ1) is 15.0. The van der Waals surface area contributed by atoms with E-state index in [9.17, 15) is 14.4 Å². The van der Waals surface area contributed by atoms with E-state index in [1.54, 1.807) is 50.2 Å². The van der Waals surface area contributed by atoms with Crippen molar-refractivity contribution in [1.82, 2.24) is 5.16 Å². The van der Waals surface area contributed by atoms with Crippen LogP contribution in [0.25, 0.3) is 11.3 Å². The van der Waals surface area contributed by atoms with Crippen molar-refractivity contribution in [3.05, 3.63) is 65.9 Å². The van der Waals surface area contributed by atoms with Crippen molar-refractivity contribution >= 4 is 29.2 Å². The van der Waals surface area contributed by atoms with Gasteiger partial charge in [-0.3, -0.25) is 9.59 Å². The number of fused-ring (bicyclic) bond motifs is 1. The Morgan fingerprint density at radius 3 is 2.65 bits per heavy atom. The van der Waals surface area contributed by atoms with Crippen molar-refractivity contribution in [3.8, 4) is 11.3 Å². The Morgan fingerprint density at radius 2 is 1.87 bits per heavy atom. The standard InChI is InChI=1S/C23H21N3O5/c1-14-12-19(27)24-17-10-6-7-11-18(17)26(14)20(28)13-30-23(29)21-15(2)31-25-22(21)16-8-4-3-5-9-16/h3-11,14H,12-13H2,1-2H3,(H,24,27)/t14-/m0/s1. The number of amides is 2. The number of para-hydroxylation sites is 2. The van der Waals surface area contributed by atoms with Gasteiger partial charge in [-0.15, -0.1) is 0 Å². The van der Waals surface area contributed by atoms with E-state index in [4.69, 9.17) is 9.26 Å². The van der Waals surface area contributed by atoms with Gasteiger partial charge >= 0.3 is 5.97 Å². The van der Waals surface area contributed by atoms with Crippen LogP contribution in [0.15, 0.2) is 59.1 Å². The lowest BCUT2D eigenvalue weighted by atomic mass is 10.1. The Balaban J connectivity index is 1.54. The molecule has 0 radical (unpaired) electrons. The van der Waals surface area contributed by atoms with Gasteiger partial charge in [0, 0.05) is 18.0 Å². The summed E-state index contributed by atoms with van der Waals surface area (Å²) in [6.45, 7) is 2.91. The Morgan fingerprint density at radius 1 is 1.16 bits per heavy atom. The SMILES string of the molecule is Cc1onc(-c2ccccc2)c1C(=O)OCC(=O)N1c2ccccc2NC(=O)C[C@@H]1C. The Labute approximate surface area is 178 Å². The molecule has 0 bridgehead atoms. The van der Waals surface area contributed by atoms with Crippen molar-refractivity contribution in [3.63, 3.8) is 0 Å². The molecule has 1 N–H and O–H groups in total. The van der Waals surface area contributed by atoms with Gasteiger partial charge in [-0.25, -0.2) is 4.79 Å². The quantitative estimate of drug-likeness (QED) is 0.649. The van der Waals surface area contributed by atoms with E-state index >= 15 is 0 Å². The molecule has 2 aromatic carbocycles. The van der Waals surface area contributed by atoms with E-state index in [0.717, 1.165) is 0 Å². The van der Waals surface area contributed by atoms with Crippen LogP contribution in [-0.4, -0.2) is 35.6 Å². The van der Waals surface area contributed by atoms with Crippen LogP contribution in [-0.2, 0) is 14.3 Å². The maximum Gasteiger partial charge on any atom is 0.344 e. The molecule has 1 aromatic heterocycles. The molecular formula is C23H21N3O5. The highest BCUT2D eigenvalue weighted by atomic mass is 16.5. The van der Waals surface area contributed by atoms with E-state index in [1.165, 1.54) is 4.90 Å². The monoisotopic (exact) mass is 419 g/mol. The fraction of sp³-hybridized carbons (Fsp3) is 0.217. The molecule has 1 aliphatic heterocycles. The summed E-state index contributed by atoms with van der Waals surface area (Å²) in [6, 6.07) is 15.7. The number of carbonyl (C=O) groups is 3. The molecule has 0 spiro atoms. The highest BCUT2D eigenvalue weighted by Crippen LogP contribution is 2.31. The molecule has 158 valence electrons. The van der Waals surface area contributed by atoms with E-state index in [2.05, 4.69) is 10.5 Å². The van der Waals surface area contributed by atoms with Crippen LogP contribution in [0.5, 0.6) is 0 Å². The third-order valence-electron chi connectivity index (χ3n) is 5.07. The molecule has 1 atom stereocenters. The summed E-state index contributed by atoms with van der Waals surface area (Å²) in [7, 11) is 0. The number of aryl methyl sites for hydroxylation is 1. The van der Waals surface area contributed by atoms with Crippen LogP contribution in [0, 0.1) is 6.92 Å². The van der Waals surface area contributed by atoms with Crippen molar-refractivity contribution in [2.24, 2.45) is 0 Å². The van der Waals surface area contributed by atoms with Crippen LogP contribution < -0.4 is 10.2 Å². The number of hydrogen-bond donors (Lipinski definition) is 1. The molecule has 3 aromatic rings. The third-order valence-corrected chi connectivity index (χ3v) is 5.07. The summed E-state index contributed by atoms with van der Waals surface area (Å²) >= 11 is 0. The summed E-state index contributed by atoms with van der Waals surface area (Å²) in [4.78, 5) is 39.4. The minimum absolute atomic E-state index is 0.136. The second kappa shape index (κ2) is 8.43. The van der Waals surface area contributed by atoms with Crippen molar-refractivity contribution in [2.75, 3.05) is 16.8 Å². The molecule has 31 heavy (non-hydrogen) atoms. The smallest absolute Gasteiger partial charge is 0.344 e. The number of aromatic nitrogens is 1. The lowest BCUT2D eigenvalue weighted by Crippen LogP contribution is -2.41. The Kier molecular flexibility index (Phi) is 5.53. The average molecular weight is 419 g/mol. The minimum Gasteiger partial charge on any atom is -0.452 e. The van der Waals surface area contributed by atoms with E-state index in [0.29, 0.717) is 28.4 Å². The fourth-order valence-electron chi connectivity index (χ4n) is 3.64. The van der Waals surface area contributed by atoms with Gasteiger partial charge in [0.25, 0.3) is 5.91 Å². The second-order valence-electron chi connectivity index (χ2n) is 7.29. The number of nitrogens with zero attached hydrogens (tertiary/aromatic N) is 2. The zero-order chi connectivity index (χ0) is 22.0. The number of esters is 1. The van der Waals surface area contributed by atoms with Crippen LogP contribution >= 0.6 is 0 Å². The molecule has 0 saturated heterocycles. The summed E-state index contributed by atoms with van der Waals surface area (Å²) in [5.74, 6) is -1.00. The maximum absolute atomic E-state index is 13.0. The first kappa shape index (κ1) is 20.3. The van der Waals surface area contributed by atoms with Crippen LogP contribution in [0.2, 0.25) is 0 Å². The van der Waals surface area contributed by atoms with Crippen molar-refractivity contribution in [2.45, 2.75) is 26.3 Å². The summed E-state index contributed by atoms with van der Waals surface area (Å²) < 4.78 is 10.5. The number of carbonyl (C=O) groups excluding carboxylic acids is 3. The molecule has 0 unspecified atom stereocenters. The molecule has 0 aliphatic carbocycles. The van der Waals surface area contributed by atoms with E-state index in [1.807, 2.05) is 18.2 Å². The van der Waals surface area contributed by atoms with Gasteiger partial charge < -0.3 is 19.5 Å². The zero-order valence-corrected chi connectivity index (χ0v) is 17.1. The fourth-order valence-corrected chi connectivity index (χ4v) is 3.64. The van der Waals surface area contributed by atoms with E-state index < -0.39 is 24.5 Å². The molecule has 4 rings (SSSR count). The minimum atomic E-state index is -0.698. The normalized spacial score (nSPS) is 15.6. The average Bonchev–Trinajstić information content (AvgIpc) is 3.09. The number of hydrogen-bond acceptors (Lipinski definition) is 6. The first-order valence-corrected chi connectivity index (χ1v) is 9.85. The Hall–Kier alpha value is -3.94. The Bertz CT molecular complexity index is 1140. The third kappa shape index (κ3) is 4.05. The van der Waals surface area contributed by atoms with Crippen LogP contribution in [0.4, 0.5) is 11.4 Å². The van der Waals surface area contributed by atoms with Crippen molar-refractivity contribution in [1.29, 1.82) is 0 Å². The number of rotatable bonds is 4. The van der Waals surface area contributed by atoms with Gasteiger partial charge in [-0.2, -0.15) is 0 Å². The van der Waals surface area contributed by atoms with Crippen molar-refractivity contribution < 1.29 is 23.6 Å². The van der Waals surface area contributed by atoms with Crippen LogP contribution in [0.3, 0.4) is 0 Å². The summed E-state index contributed by atoms with van der Waals surface area (Å²) in [5, 5.41) is 6.77. The van der Waals surface area contributed by atoms with Gasteiger partial charge in [-0.05, 0) is 26.0 Å². The molecule has 8 nitrogen and oxygen atoms in total. The number of benzene rings is 2. The molecular weight excluding hydrogens is 398 g/mol. The topological polar surface area (TPSA) is 102 Å². The summed E-state index contributed by atoms with van der Waals surface area (Å²) in [5.41, 5.74) is 2.35. The molecule has 1 aliphatic rings. The van der Waals surface area contributed by atoms with E-state index in [-0.39, 0.29) is 17.9 Å². The van der Waals surface area contributed by atoms with Gasteiger partial charge in [0.05, 0.1) is 11.4 Å². The van der Waals surface area contributed by atoms with Gasteiger partial charge in [0.15, 0.2) is 6.61 Å². The van der Waals surface area contributed by atoms with Gasteiger partial charge in [0.2, 0.25) is 5.91 Å². The molecule has 2 heterocycles. The first-order valence-electron chi connectivity index (χ1n) is 9.85. The highest BCUT2D eigenvalue weighted by Gasteiger charge is 2.31. The zero-order valence-electron chi connectivity index (χ0n) is 17.1. The van der Waals surface area contributed by atoms with Gasteiger partial charge in [-0.1, -0.05) is 47.6 Å². The lowest BCUT2D eigenvalue weighted by molar-refractivity contribution is -0.122. The number of anilines is 2. The highest BCUT2D eigenvalue weighted by molar-refractivity contribution is 6.05. The molecule has 0 fully saturated rings. The predicted octanol–water partition coefficient (Wildman–Crippen LogP) is 3.57. The van der Waals surface area contributed by atoms with Gasteiger partial charge in [0.1, 0.15) is 17.0 Å². The molecule has 8 heteroatoms. The summed E-state index contributed by atoms with van der Waals surface area (Å²) in [6.07, 6.45) is 0.136. The predicted molar refractivity (Wildman–Crippen MR) is 114 cm³/mol. The molecule has 2 amide bonds. The molecule has 0 saturated carbocycles. The second-order valence-corrected chi connectivity index (χ2v) is 7.29. The van der Waals surface area contributed by atoms with Crippen LogP contribution in [0.1, 0.15) is 29.5 Å². The number of nitrogens with one attached hydrogen (secondary N) is 1. The largest absolute Gasteiger partial charge is 0.452 e. The number of ether oxygens (including phenoxy) is 1.